The molecule has 3 unspecified atom stereocenters. The minimum absolute atomic E-state index is 0.0461. The molecule has 3 heteroatoms. The lowest BCUT2D eigenvalue weighted by molar-refractivity contribution is -0.171. The smallest absolute Gasteiger partial charge is 0.0855 e. The second kappa shape index (κ2) is 5.25. The van der Waals surface area contributed by atoms with Crippen LogP contribution in [-0.2, 0) is 9.47 Å². The second-order valence-corrected chi connectivity index (χ2v) is 6.07. The van der Waals surface area contributed by atoms with E-state index in [2.05, 4.69) is 13.8 Å². The number of hydrogen-bond acceptors (Lipinski definition) is 3. The summed E-state index contributed by atoms with van der Waals surface area (Å²) >= 11 is 0. The van der Waals surface area contributed by atoms with Gasteiger partial charge in [-0.25, -0.2) is 0 Å². The molecule has 1 saturated carbocycles. The molecule has 0 radical (unpaired) electrons. The zero-order valence-corrected chi connectivity index (χ0v) is 11.3. The summed E-state index contributed by atoms with van der Waals surface area (Å²) in [5.74, 6) is 0.701. The number of aliphatic hydroxyl groups is 1. The molecule has 2 fully saturated rings. The number of hydrogen-bond donors (Lipinski definition) is 1. The van der Waals surface area contributed by atoms with Crippen LogP contribution in [0.3, 0.4) is 0 Å². The summed E-state index contributed by atoms with van der Waals surface area (Å²) in [4.78, 5) is 0. The molecule has 3 atom stereocenters. The third-order valence-corrected chi connectivity index (χ3v) is 4.54. The Kier molecular flexibility index (Phi) is 4.11. The van der Waals surface area contributed by atoms with Crippen LogP contribution in [0.4, 0.5) is 0 Å². The van der Waals surface area contributed by atoms with Crippen LogP contribution in [-0.4, -0.2) is 36.6 Å². The highest BCUT2D eigenvalue weighted by molar-refractivity contribution is 4.96. The van der Waals surface area contributed by atoms with Gasteiger partial charge in [-0.05, 0) is 43.9 Å². The molecule has 100 valence electrons. The van der Waals surface area contributed by atoms with E-state index in [4.69, 9.17) is 9.47 Å². The molecule has 3 nitrogen and oxygen atoms in total. The maximum absolute atomic E-state index is 10.5. The number of aliphatic hydroxyl groups excluding tert-OH is 1. The molecule has 1 N–H and O–H groups in total. The molecule has 1 saturated heterocycles. The van der Waals surface area contributed by atoms with Gasteiger partial charge in [0.15, 0.2) is 0 Å². The third kappa shape index (κ3) is 2.67. The van der Waals surface area contributed by atoms with Crippen molar-refractivity contribution in [2.45, 2.75) is 63.8 Å². The van der Waals surface area contributed by atoms with Crippen molar-refractivity contribution >= 4 is 0 Å². The van der Waals surface area contributed by atoms with Gasteiger partial charge >= 0.3 is 0 Å². The molecule has 0 amide bonds. The Morgan fingerprint density at radius 2 is 2.06 bits per heavy atom. The molecule has 0 bridgehead atoms. The van der Waals surface area contributed by atoms with Crippen molar-refractivity contribution in [1.29, 1.82) is 0 Å². The predicted octanol–water partition coefficient (Wildman–Crippen LogP) is 2.37. The lowest BCUT2D eigenvalue weighted by Gasteiger charge is -2.49. The van der Waals surface area contributed by atoms with Crippen LogP contribution in [0.5, 0.6) is 0 Å². The lowest BCUT2D eigenvalue weighted by Crippen LogP contribution is -2.50. The quantitative estimate of drug-likeness (QED) is 0.822. The van der Waals surface area contributed by atoms with E-state index >= 15 is 0 Å². The highest BCUT2D eigenvalue weighted by Crippen LogP contribution is 2.45. The third-order valence-electron chi connectivity index (χ3n) is 4.54. The molecular weight excluding hydrogens is 216 g/mol. The topological polar surface area (TPSA) is 38.7 Å². The van der Waals surface area contributed by atoms with Crippen LogP contribution in [0, 0.1) is 11.8 Å². The molecule has 2 aliphatic rings. The monoisotopic (exact) mass is 242 g/mol. The van der Waals surface area contributed by atoms with Crippen molar-refractivity contribution in [3.05, 3.63) is 0 Å². The van der Waals surface area contributed by atoms with Crippen molar-refractivity contribution in [2.75, 3.05) is 13.7 Å². The number of rotatable bonds is 4. The van der Waals surface area contributed by atoms with Crippen molar-refractivity contribution in [2.24, 2.45) is 11.8 Å². The van der Waals surface area contributed by atoms with Gasteiger partial charge in [-0.3, -0.25) is 0 Å². The average molecular weight is 242 g/mol. The fraction of sp³-hybridized carbons (Fsp3) is 1.00. The van der Waals surface area contributed by atoms with Crippen LogP contribution < -0.4 is 0 Å². The standard InChI is InChI=1S/C14H26O3/c1-10(2)13(16-3)12(15)11-5-8-17-14(9-11)6-4-7-14/h10-13,15H,4-9H2,1-3H3. The van der Waals surface area contributed by atoms with Crippen LogP contribution in [0.2, 0.25) is 0 Å². The molecule has 2 rings (SSSR count). The first-order valence-electron chi connectivity index (χ1n) is 6.93. The van der Waals surface area contributed by atoms with Crippen LogP contribution in [0.25, 0.3) is 0 Å². The molecule has 1 heterocycles. The second-order valence-electron chi connectivity index (χ2n) is 6.07. The van der Waals surface area contributed by atoms with E-state index in [0.717, 1.165) is 19.4 Å². The predicted molar refractivity (Wildman–Crippen MR) is 66.9 cm³/mol. The molecule has 1 spiro atoms. The molecule has 0 aromatic rings. The zero-order valence-electron chi connectivity index (χ0n) is 11.3. The first-order valence-corrected chi connectivity index (χ1v) is 6.93. The Bertz CT molecular complexity index is 248. The van der Waals surface area contributed by atoms with E-state index in [1.54, 1.807) is 7.11 Å². The normalized spacial score (nSPS) is 31.2. The summed E-state index contributed by atoms with van der Waals surface area (Å²) < 4.78 is 11.4. The summed E-state index contributed by atoms with van der Waals surface area (Å²) in [5, 5.41) is 10.5. The van der Waals surface area contributed by atoms with E-state index in [0.29, 0.717) is 11.8 Å². The zero-order chi connectivity index (χ0) is 12.5. The first-order chi connectivity index (χ1) is 8.08. The maximum atomic E-state index is 10.5. The van der Waals surface area contributed by atoms with E-state index in [1.807, 2.05) is 0 Å². The molecule has 1 aliphatic heterocycles. The van der Waals surface area contributed by atoms with E-state index < -0.39 is 0 Å². The lowest BCUT2D eigenvalue weighted by atomic mass is 9.70. The Labute approximate surface area is 104 Å². The number of methoxy groups -OCH3 is 1. The fourth-order valence-corrected chi connectivity index (χ4v) is 3.35. The molecule has 1 aliphatic carbocycles. The summed E-state index contributed by atoms with van der Waals surface area (Å²) in [6, 6.07) is 0. The Balaban J connectivity index is 1.96. The Hall–Kier alpha value is -0.120. The van der Waals surface area contributed by atoms with Gasteiger partial charge in [-0.1, -0.05) is 13.8 Å². The molecule has 17 heavy (non-hydrogen) atoms. The van der Waals surface area contributed by atoms with E-state index in [1.165, 1.54) is 19.3 Å². The van der Waals surface area contributed by atoms with E-state index in [9.17, 15) is 5.11 Å². The minimum atomic E-state index is -0.346. The largest absolute Gasteiger partial charge is 0.390 e. The summed E-state index contributed by atoms with van der Waals surface area (Å²) in [7, 11) is 1.70. The summed E-state index contributed by atoms with van der Waals surface area (Å²) in [6.07, 6.45) is 5.22. The Morgan fingerprint density at radius 3 is 2.53 bits per heavy atom. The summed E-state index contributed by atoms with van der Waals surface area (Å²) in [5.41, 5.74) is 0.110. The van der Waals surface area contributed by atoms with Crippen molar-refractivity contribution < 1.29 is 14.6 Å². The molecular formula is C14H26O3. The highest BCUT2D eigenvalue weighted by atomic mass is 16.5. The van der Waals surface area contributed by atoms with Gasteiger partial charge < -0.3 is 14.6 Å². The van der Waals surface area contributed by atoms with Crippen molar-refractivity contribution in [3.8, 4) is 0 Å². The van der Waals surface area contributed by atoms with E-state index in [-0.39, 0.29) is 17.8 Å². The van der Waals surface area contributed by atoms with Gasteiger partial charge in [0.05, 0.1) is 17.8 Å². The van der Waals surface area contributed by atoms with Crippen molar-refractivity contribution in [3.63, 3.8) is 0 Å². The minimum Gasteiger partial charge on any atom is -0.390 e. The summed E-state index contributed by atoms with van der Waals surface area (Å²) in [6.45, 7) is 5.02. The number of ether oxygens (including phenoxy) is 2. The fourth-order valence-electron chi connectivity index (χ4n) is 3.35. The van der Waals surface area contributed by atoms with Crippen LogP contribution >= 0.6 is 0 Å². The average Bonchev–Trinajstić information content (AvgIpc) is 2.27. The van der Waals surface area contributed by atoms with Gasteiger partial charge in [0.2, 0.25) is 0 Å². The highest BCUT2D eigenvalue weighted by Gasteiger charge is 2.45. The SMILES string of the molecule is COC(C(C)C)C(O)C1CCOC2(CCC2)C1. The molecule has 0 aromatic carbocycles. The first kappa shape index (κ1) is 13.3. The van der Waals surface area contributed by atoms with Gasteiger partial charge in [0.25, 0.3) is 0 Å². The maximum Gasteiger partial charge on any atom is 0.0855 e. The van der Waals surface area contributed by atoms with Gasteiger partial charge in [0.1, 0.15) is 0 Å². The molecule has 0 aromatic heterocycles. The van der Waals surface area contributed by atoms with Crippen LogP contribution in [0.1, 0.15) is 46.0 Å². The Morgan fingerprint density at radius 1 is 1.35 bits per heavy atom. The van der Waals surface area contributed by atoms with Crippen molar-refractivity contribution in [1.82, 2.24) is 0 Å². The van der Waals surface area contributed by atoms with Gasteiger partial charge in [-0.2, -0.15) is 0 Å². The van der Waals surface area contributed by atoms with Gasteiger partial charge in [-0.15, -0.1) is 0 Å². The van der Waals surface area contributed by atoms with Crippen LogP contribution in [0.15, 0.2) is 0 Å². The van der Waals surface area contributed by atoms with Gasteiger partial charge in [0, 0.05) is 13.7 Å².